The molecule has 0 aromatic carbocycles. The second-order valence-electron chi connectivity index (χ2n) is 6.94. The number of nitrogens with one attached hydrogen (secondary N) is 1. The Kier molecular flexibility index (Phi) is 5.79. The van der Waals surface area contributed by atoms with E-state index in [-0.39, 0.29) is 27.3 Å². The van der Waals surface area contributed by atoms with E-state index in [1.807, 2.05) is 0 Å². The number of carbonyl (C=O) groups is 2. The summed E-state index contributed by atoms with van der Waals surface area (Å²) < 4.78 is 6.55. The van der Waals surface area contributed by atoms with Crippen LogP contribution in [0.3, 0.4) is 0 Å². The van der Waals surface area contributed by atoms with Gasteiger partial charge in [0.15, 0.2) is 0 Å². The summed E-state index contributed by atoms with van der Waals surface area (Å²) >= 11 is 12.2. The van der Waals surface area contributed by atoms with Gasteiger partial charge in [-0.25, -0.2) is 9.78 Å². The predicted octanol–water partition coefficient (Wildman–Crippen LogP) is 3.36. The maximum absolute atomic E-state index is 13.0. The third-order valence-electron chi connectivity index (χ3n) is 5.11. The summed E-state index contributed by atoms with van der Waals surface area (Å²) in [5.74, 6) is -0.665. The molecule has 0 saturated carbocycles. The van der Waals surface area contributed by atoms with E-state index in [4.69, 9.17) is 27.9 Å². The molecule has 1 saturated heterocycles. The normalized spacial score (nSPS) is 15.8. The van der Waals surface area contributed by atoms with E-state index in [2.05, 4.69) is 15.3 Å². The van der Waals surface area contributed by atoms with Gasteiger partial charge in [-0.2, -0.15) is 0 Å². The summed E-state index contributed by atoms with van der Waals surface area (Å²) in [6.45, 7) is 0.853. The van der Waals surface area contributed by atoms with Gasteiger partial charge in [0.25, 0.3) is 5.91 Å². The zero-order chi connectivity index (χ0) is 22.1. The average Bonchev–Trinajstić information content (AvgIpc) is 3.26. The number of anilines is 1. The minimum atomic E-state index is -0.665. The van der Waals surface area contributed by atoms with Crippen LogP contribution in [0.5, 0.6) is 0 Å². The maximum atomic E-state index is 13.0. The predicted molar refractivity (Wildman–Crippen MR) is 116 cm³/mol. The van der Waals surface area contributed by atoms with Crippen molar-refractivity contribution in [2.45, 2.75) is 12.5 Å². The van der Waals surface area contributed by atoms with Gasteiger partial charge in [0.05, 0.1) is 34.3 Å². The Morgan fingerprint density at radius 1 is 1.26 bits per heavy atom. The number of carbonyl (C=O) groups excluding carboxylic acids is 2. The number of fused-ring (bicyclic) bond motifs is 1. The Balaban J connectivity index is 1.77. The molecule has 4 heterocycles. The lowest BCUT2D eigenvalue weighted by Crippen LogP contribution is -2.30. The number of aromatic nitrogens is 3. The lowest BCUT2D eigenvalue weighted by Gasteiger charge is -2.19. The van der Waals surface area contributed by atoms with E-state index < -0.39 is 17.4 Å². The molecule has 1 N–H and O–H groups in total. The molecule has 3 aromatic rings. The van der Waals surface area contributed by atoms with Gasteiger partial charge in [-0.1, -0.05) is 23.2 Å². The van der Waals surface area contributed by atoms with E-state index in [9.17, 15) is 14.4 Å². The Morgan fingerprint density at radius 2 is 2.00 bits per heavy atom. The Hall–Kier alpha value is -3.17. The second-order valence-corrected chi connectivity index (χ2v) is 7.76. The molecule has 9 nitrogen and oxygen atoms in total. The first-order valence-electron chi connectivity index (χ1n) is 9.33. The topological polar surface area (TPSA) is 106 Å². The molecule has 4 rings (SSSR count). The van der Waals surface area contributed by atoms with Crippen LogP contribution < -0.4 is 10.7 Å². The molecule has 0 unspecified atom stereocenters. The number of rotatable bonds is 3. The molecular formula is C20H17Cl2N5O4. The highest BCUT2D eigenvalue weighted by Crippen LogP contribution is 2.29. The summed E-state index contributed by atoms with van der Waals surface area (Å²) in [5.41, 5.74) is 0.0287. The van der Waals surface area contributed by atoms with Gasteiger partial charge in [0, 0.05) is 37.9 Å². The fourth-order valence-corrected chi connectivity index (χ4v) is 4.06. The zero-order valence-electron chi connectivity index (χ0n) is 16.3. The van der Waals surface area contributed by atoms with Crippen LogP contribution in [0, 0.1) is 0 Å². The smallest absolute Gasteiger partial charge is 0.409 e. The van der Waals surface area contributed by atoms with Crippen molar-refractivity contribution in [2.75, 3.05) is 25.5 Å². The van der Waals surface area contributed by atoms with Crippen LogP contribution in [0.2, 0.25) is 10.0 Å². The summed E-state index contributed by atoms with van der Waals surface area (Å²) in [4.78, 5) is 47.7. The molecule has 3 aromatic heterocycles. The van der Waals surface area contributed by atoms with Crippen LogP contribution in [0.1, 0.15) is 22.8 Å². The number of nitrogens with zero attached hydrogens (tertiary/aromatic N) is 4. The second kappa shape index (κ2) is 8.52. The number of pyridine rings is 3. The Bertz CT molecular complexity index is 1230. The largest absolute Gasteiger partial charge is 0.453 e. The number of likely N-dealkylation sites (tertiary alicyclic amines) is 1. The van der Waals surface area contributed by atoms with Crippen molar-refractivity contribution in [3.8, 4) is 0 Å². The van der Waals surface area contributed by atoms with Crippen molar-refractivity contribution in [3.05, 3.63) is 62.8 Å². The van der Waals surface area contributed by atoms with E-state index in [0.29, 0.717) is 30.5 Å². The van der Waals surface area contributed by atoms with Gasteiger partial charge in [-0.05, 0) is 18.6 Å². The highest BCUT2D eigenvalue weighted by molar-refractivity contribution is 6.39. The number of methoxy groups -OCH3 is 1. The van der Waals surface area contributed by atoms with Crippen molar-refractivity contribution in [1.29, 1.82) is 0 Å². The van der Waals surface area contributed by atoms with Gasteiger partial charge in [-0.3, -0.25) is 14.6 Å². The molecule has 1 aliphatic heterocycles. The monoisotopic (exact) mass is 461 g/mol. The van der Waals surface area contributed by atoms with E-state index in [1.165, 1.54) is 25.7 Å². The highest BCUT2D eigenvalue weighted by atomic mass is 35.5. The van der Waals surface area contributed by atoms with Gasteiger partial charge >= 0.3 is 6.09 Å². The summed E-state index contributed by atoms with van der Waals surface area (Å²) in [5, 5.41) is 3.18. The van der Waals surface area contributed by atoms with E-state index in [0.717, 1.165) is 0 Å². The Labute approximate surface area is 186 Å². The lowest BCUT2D eigenvalue weighted by molar-refractivity contribution is 0.102. The van der Waals surface area contributed by atoms with Gasteiger partial charge in [-0.15, -0.1) is 0 Å². The molecule has 0 radical (unpaired) electrons. The molecule has 1 aliphatic rings. The zero-order valence-corrected chi connectivity index (χ0v) is 17.9. The van der Waals surface area contributed by atoms with E-state index >= 15 is 0 Å². The van der Waals surface area contributed by atoms with E-state index in [1.54, 1.807) is 27.8 Å². The summed E-state index contributed by atoms with van der Waals surface area (Å²) in [6.07, 6.45) is 5.90. The molecule has 160 valence electrons. The van der Waals surface area contributed by atoms with Gasteiger partial charge in [0.2, 0.25) is 5.43 Å². The third-order valence-corrected chi connectivity index (χ3v) is 5.69. The molecule has 0 spiro atoms. The lowest BCUT2D eigenvalue weighted by atomic mass is 10.1. The fourth-order valence-electron chi connectivity index (χ4n) is 3.60. The van der Waals surface area contributed by atoms with Crippen LogP contribution in [0.25, 0.3) is 11.0 Å². The summed E-state index contributed by atoms with van der Waals surface area (Å²) in [6, 6.07) is 3.05. The minimum Gasteiger partial charge on any atom is -0.453 e. The van der Waals surface area contributed by atoms with Crippen molar-refractivity contribution < 1.29 is 14.3 Å². The van der Waals surface area contributed by atoms with Gasteiger partial charge in [0.1, 0.15) is 11.2 Å². The molecule has 1 atom stereocenters. The first-order chi connectivity index (χ1) is 14.9. The van der Waals surface area contributed by atoms with Crippen molar-refractivity contribution >= 4 is 51.9 Å². The molecule has 1 fully saturated rings. The number of halogens is 2. The molecule has 0 aliphatic carbocycles. The van der Waals surface area contributed by atoms with Gasteiger partial charge < -0.3 is 19.5 Å². The maximum Gasteiger partial charge on any atom is 0.409 e. The molecule has 11 heteroatoms. The van der Waals surface area contributed by atoms with Crippen molar-refractivity contribution in [3.63, 3.8) is 0 Å². The number of hydrogen-bond acceptors (Lipinski definition) is 6. The summed E-state index contributed by atoms with van der Waals surface area (Å²) in [7, 11) is 1.32. The van der Waals surface area contributed by atoms with Crippen LogP contribution in [-0.2, 0) is 4.74 Å². The fraction of sp³-hybridized carbons (Fsp3) is 0.250. The first-order valence-corrected chi connectivity index (χ1v) is 10.1. The Morgan fingerprint density at radius 3 is 2.71 bits per heavy atom. The number of amides is 2. The standard InChI is InChI=1S/C20H17Cl2N5O4/c1-31-20(30)26-6-4-11(9-26)27-10-13(17(28)12-3-2-5-24-18(12)27)19(29)25-16-14(21)7-23-8-15(16)22/h2-3,5,7-8,10-11H,4,6,9H2,1H3,(H,23,25,29)/t11-/m1/s1. The van der Waals surface area contributed by atoms with Crippen LogP contribution in [0.15, 0.2) is 41.7 Å². The molecular weight excluding hydrogens is 445 g/mol. The minimum absolute atomic E-state index is 0.0963. The van der Waals surface area contributed by atoms with Crippen LogP contribution in [-0.4, -0.2) is 51.6 Å². The van der Waals surface area contributed by atoms with Crippen molar-refractivity contribution in [2.24, 2.45) is 0 Å². The van der Waals surface area contributed by atoms with Crippen molar-refractivity contribution in [1.82, 2.24) is 19.4 Å². The quantitative estimate of drug-likeness (QED) is 0.640. The first kappa shape index (κ1) is 21.1. The molecule has 31 heavy (non-hydrogen) atoms. The van der Waals surface area contributed by atoms with Crippen LogP contribution in [0.4, 0.5) is 10.5 Å². The SMILES string of the molecule is COC(=O)N1CC[C@@H](n2cc(C(=O)Nc3c(Cl)cncc3Cl)c(=O)c3cccnc32)C1. The van der Waals surface area contributed by atoms with Crippen LogP contribution >= 0.6 is 23.2 Å². The third kappa shape index (κ3) is 3.94. The highest BCUT2D eigenvalue weighted by Gasteiger charge is 2.30. The number of hydrogen-bond donors (Lipinski definition) is 1. The number of ether oxygens (including phenoxy) is 1. The molecule has 2 amide bonds. The average molecular weight is 462 g/mol. The molecule has 0 bridgehead atoms.